The fourth-order valence-electron chi connectivity index (χ4n) is 4.02. The minimum atomic E-state index is 0.192. The van der Waals surface area contributed by atoms with E-state index in [4.69, 9.17) is 9.97 Å². The minimum Gasteiger partial charge on any atom is -0.348 e. The Labute approximate surface area is 166 Å². The molecule has 3 aromatic rings. The molecule has 1 amide bonds. The minimum absolute atomic E-state index is 0.192. The molecule has 2 saturated heterocycles. The summed E-state index contributed by atoms with van der Waals surface area (Å²) >= 11 is 3.37. The number of carbonyl (C=O) groups excluding carboxylic acids is 1. The van der Waals surface area contributed by atoms with Crippen LogP contribution in [-0.2, 0) is 4.79 Å². The van der Waals surface area contributed by atoms with Gasteiger partial charge in [-0.2, -0.15) is 0 Å². The SMILES string of the molecule is O=C(C1CCN(c2nc3ccc(-c4cccs4)nc3s2)CC1)N1CCCC1. The van der Waals surface area contributed by atoms with Gasteiger partial charge >= 0.3 is 0 Å². The first-order chi connectivity index (χ1) is 13.3. The number of carbonyl (C=O) groups is 1. The monoisotopic (exact) mass is 398 g/mol. The zero-order valence-corrected chi connectivity index (χ0v) is 16.8. The summed E-state index contributed by atoms with van der Waals surface area (Å²) in [5.41, 5.74) is 1.98. The van der Waals surface area contributed by atoms with Crippen LogP contribution in [0.25, 0.3) is 20.9 Å². The van der Waals surface area contributed by atoms with Gasteiger partial charge in [0.05, 0.1) is 10.6 Å². The number of pyridine rings is 1. The molecule has 140 valence electrons. The number of thiazole rings is 1. The molecule has 2 fully saturated rings. The van der Waals surface area contributed by atoms with Crippen LogP contribution in [0, 0.1) is 5.92 Å². The number of likely N-dealkylation sites (tertiary alicyclic amines) is 1. The Morgan fingerprint density at radius 3 is 2.59 bits per heavy atom. The van der Waals surface area contributed by atoms with Crippen molar-refractivity contribution in [1.29, 1.82) is 0 Å². The molecule has 0 radical (unpaired) electrons. The van der Waals surface area contributed by atoms with Crippen molar-refractivity contribution in [2.24, 2.45) is 5.92 Å². The van der Waals surface area contributed by atoms with Gasteiger partial charge in [0.25, 0.3) is 0 Å². The number of amides is 1. The largest absolute Gasteiger partial charge is 0.348 e. The third-order valence-corrected chi connectivity index (χ3v) is 7.47. The maximum Gasteiger partial charge on any atom is 0.225 e. The van der Waals surface area contributed by atoms with E-state index in [9.17, 15) is 4.79 Å². The van der Waals surface area contributed by atoms with Gasteiger partial charge < -0.3 is 9.80 Å². The van der Waals surface area contributed by atoms with Crippen molar-refractivity contribution >= 4 is 44.1 Å². The highest BCUT2D eigenvalue weighted by Crippen LogP contribution is 2.33. The molecular weight excluding hydrogens is 376 g/mol. The Kier molecular flexibility index (Phi) is 4.57. The molecule has 2 aliphatic heterocycles. The van der Waals surface area contributed by atoms with Gasteiger partial charge in [0.1, 0.15) is 10.3 Å². The lowest BCUT2D eigenvalue weighted by Gasteiger charge is -2.32. The third kappa shape index (κ3) is 3.34. The van der Waals surface area contributed by atoms with Crippen molar-refractivity contribution in [2.45, 2.75) is 25.7 Å². The maximum absolute atomic E-state index is 12.6. The average Bonchev–Trinajstić information content (AvgIpc) is 3.48. The van der Waals surface area contributed by atoms with Crippen molar-refractivity contribution in [3.63, 3.8) is 0 Å². The first-order valence-electron chi connectivity index (χ1n) is 9.63. The molecule has 0 atom stereocenters. The van der Waals surface area contributed by atoms with Gasteiger partial charge in [0, 0.05) is 32.1 Å². The Morgan fingerprint density at radius 1 is 1.04 bits per heavy atom. The summed E-state index contributed by atoms with van der Waals surface area (Å²) in [6.45, 7) is 3.72. The van der Waals surface area contributed by atoms with Gasteiger partial charge in [-0.05, 0) is 49.3 Å². The fraction of sp³-hybridized carbons (Fsp3) is 0.450. The molecule has 0 aliphatic carbocycles. The van der Waals surface area contributed by atoms with Crippen LogP contribution >= 0.6 is 22.7 Å². The molecule has 0 unspecified atom stereocenters. The van der Waals surface area contributed by atoms with Crippen LogP contribution in [-0.4, -0.2) is 47.0 Å². The van der Waals surface area contributed by atoms with Gasteiger partial charge in [-0.1, -0.05) is 17.4 Å². The lowest BCUT2D eigenvalue weighted by molar-refractivity contribution is -0.135. The van der Waals surface area contributed by atoms with E-state index >= 15 is 0 Å². The van der Waals surface area contributed by atoms with Crippen LogP contribution in [0.2, 0.25) is 0 Å². The Bertz CT molecular complexity index is 938. The second-order valence-corrected chi connectivity index (χ2v) is 9.19. The van der Waals surface area contributed by atoms with Gasteiger partial charge in [0.2, 0.25) is 5.91 Å². The van der Waals surface area contributed by atoms with Gasteiger partial charge in [-0.3, -0.25) is 4.79 Å². The second kappa shape index (κ2) is 7.20. The molecule has 5 nitrogen and oxygen atoms in total. The average molecular weight is 399 g/mol. The lowest BCUT2D eigenvalue weighted by atomic mass is 9.95. The predicted molar refractivity (Wildman–Crippen MR) is 111 cm³/mol. The van der Waals surface area contributed by atoms with Crippen molar-refractivity contribution in [2.75, 3.05) is 31.1 Å². The van der Waals surface area contributed by atoms with Crippen LogP contribution in [0.4, 0.5) is 5.13 Å². The van der Waals surface area contributed by atoms with E-state index in [-0.39, 0.29) is 5.92 Å². The zero-order valence-electron chi connectivity index (χ0n) is 15.1. The van der Waals surface area contributed by atoms with Gasteiger partial charge in [0.15, 0.2) is 5.13 Å². The summed E-state index contributed by atoms with van der Waals surface area (Å²) < 4.78 is 0. The van der Waals surface area contributed by atoms with Gasteiger partial charge in [-0.25, -0.2) is 9.97 Å². The van der Waals surface area contributed by atoms with Crippen LogP contribution in [0.15, 0.2) is 29.6 Å². The fourth-order valence-corrected chi connectivity index (χ4v) is 5.70. The van der Waals surface area contributed by atoms with E-state index in [1.807, 2.05) is 0 Å². The summed E-state index contributed by atoms with van der Waals surface area (Å²) in [6.07, 6.45) is 4.19. The van der Waals surface area contributed by atoms with Crippen LogP contribution in [0.1, 0.15) is 25.7 Å². The lowest BCUT2D eigenvalue weighted by Crippen LogP contribution is -2.41. The summed E-state index contributed by atoms with van der Waals surface area (Å²) in [6, 6.07) is 8.28. The molecule has 27 heavy (non-hydrogen) atoms. The summed E-state index contributed by atoms with van der Waals surface area (Å²) in [5, 5.41) is 3.11. The van der Waals surface area contributed by atoms with E-state index in [1.54, 1.807) is 22.7 Å². The van der Waals surface area contributed by atoms with E-state index < -0.39 is 0 Å². The quantitative estimate of drug-likeness (QED) is 0.661. The number of nitrogens with zero attached hydrogens (tertiary/aromatic N) is 4. The molecule has 7 heteroatoms. The number of anilines is 1. The highest BCUT2D eigenvalue weighted by molar-refractivity contribution is 7.21. The maximum atomic E-state index is 12.6. The summed E-state index contributed by atoms with van der Waals surface area (Å²) in [7, 11) is 0. The van der Waals surface area contributed by atoms with E-state index in [1.165, 1.54) is 4.88 Å². The van der Waals surface area contributed by atoms with E-state index in [0.29, 0.717) is 5.91 Å². The molecule has 0 aromatic carbocycles. The molecule has 5 rings (SSSR count). The molecule has 0 N–H and O–H groups in total. The van der Waals surface area contributed by atoms with Gasteiger partial charge in [-0.15, -0.1) is 11.3 Å². The van der Waals surface area contributed by atoms with Crippen LogP contribution in [0.3, 0.4) is 0 Å². The second-order valence-electron chi connectivity index (χ2n) is 7.29. The number of hydrogen-bond acceptors (Lipinski definition) is 6. The molecule has 0 spiro atoms. The Hall–Kier alpha value is -1.99. The Morgan fingerprint density at radius 2 is 1.85 bits per heavy atom. The highest BCUT2D eigenvalue weighted by atomic mass is 32.1. The highest BCUT2D eigenvalue weighted by Gasteiger charge is 2.30. The molecule has 2 aliphatic rings. The van der Waals surface area contributed by atoms with E-state index in [0.717, 1.165) is 73.0 Å². The first-order valence-corrected chi connectivity index (χ1v) is 11.3. The van der Waals surface area contributed by atoms with Crippen molar-refractivity contribution in [3.8, 4) is 10.6 Å². The smallest absolute Gasteiger partial charge is 0.225 e. The predicted octanol–water partition coefficient (Wildman–Crippen LogP) is 4.26. The van der Waals surface area contributed by atoms with Crippen LogP contribution < -0.4 is 4.90 Å². The summed E-state index contributed by atoms with van der Waals surface area (Å²) in [5.74, 6) is 0.566. The number of piperidine rings is 1. The zero-order chi connectivity index (χ0) is 18.2. The van der Waals surface area contributed by atoms with Crippen molar-refractivity contribution < 1.29 is 4.79 Å². The molecule has 3 aromatic heterocycles. The number of thiophene rings is 1. The first kappa shape index (κ1) is 17.1. The number of hydrogen-bond donors (Lipinski definition) is 0. The third-order valence-electron chi connectivity index (χ3n) is 5.55. The molecule has 5 heterocycles. The molecule has 0 saturated carbocycles. The van der Waals surface area contributed by atoms with Crippen LogP contribution in [0.5, 0.6) is 0 Å². The van der Waals surface area contributed by atoms with Crippen molar-refractivity contribution in [3.05, 3.63) is 29.6 Å². The normalized spacial score (nSPS) is 18.5. The molecular formula is C20H22N4OS2. The number of aromatic nitrogens is 2. The Balaban J connectivity index is 1.29. The standard InChI is InChI=1S/C20H22N4OS2/c25-19(23-9-1-2-10-23)14-7-11-24(12-8-14)20-22-16-6-5-15(21-18(16)27-20)17-4-3-13-26-17/h3-6,13-14H,1-2,7-12H2. The van der Waals surface area contributed by atoms with Crippen molar-refractivity contribution in [1.82, 2.24) is 14.9 Å². The number of rotatable bonds is 3. The number of fused-ring (bicyclic) bond motifs is 1. The molecule has 0 bridgehead atoms. The topological polar surface area (TPSA) is 49.3 Å². The summed E-state index contributed by atoms with van der Waals surface area (Å²) in [4.78, 5) is 28.8. The van der Waals surface area contributed by atoms with E-state index in [2.05, 4.69) is 39.4 Å².